The van der Waals surface area contributed by atoms with Crippen LogP contribution in [-0.2, 0) is 6.54 Å². The van der Waals surface area contributed by atoms with Gasteiger partial charge < -0.3 is 4.90 Å². The third-order valence-electron chi connectivity index (χ3n) is 5.50. The van der Waals surface area contributed by atoms with Crippen LogP contribution in [0.25, 0.3) is 6.08 Å². The van der Waals surface area contributed by atoms with E-state index in [1.807, 2.05) is 11.8 Å². The number of benzene rings is 1. The maximum absolute atomic E-state index is 2.51. The Bertz CT molecular complexity index is 796. The van der Waals surface area contributed by atoms with E-state index in [9.17, 15) is 0 Å². The van der Waals surface area contributed by atoms with Crippen LogP contribution in [-0.4, -0.2) is 7.05 Å². The van der Waals surface area contributed by atoms with Crippen LogP contribution in [0.4, 0.5) is 5.69 Å². The minimum atomic E-state index is 0.789. The molecule has 3 rings (SSSR count). The lowest BCUT2D eigenvalue weighted by molar-refractivity contribution is -0.714. The standard InChI is InChI=1S/C24H33N2S/c1-6-10-20(11-7-2)17-26-18(3)14-21(15-19(26)4)16-24-25(5)22-12-8-9-13-23(22)27-24/h8-9,12-16,20H,6-7,10-11,17H2,1-5H3/q+1. The first-order chi connectivity index (χ1) is 13.0. The Labute approximate surface area is 169 Å². The number of thioether (sulfide) groups is 1. The van der Waals surface area contributed by atoms with Gasteiger partial charge in [-0.25, -0.2) is 0 Å². The van der Waals surface area contributed by atoms with Gasteiger partial charge in [-0.2, -0.15) is 4.57 Å². The molecule has 1 aliphatic rings. The number of rotatable bonds is 7. The molecule has 0 amide bonds. The van der Waals surface area contributed by atoms with E-state index in [1.54, 1.807) is 0 Å². The molecule has 2 heterocycles. The van der Waals surface area contributed by atoms with Gasteiger partial charge in [0, 0.05) is 43.8 Å². The average molecular weight is 382 g/mol. The number of pyridine rings is 1. The largest absolute Gasteiger partial charge is 0.338 e. The summed E-state index contributed by atoms with van der Waals surface area (Å²) in [5, 5.41) is 1.29. The maximum Gasteiger partial charge on any atom is 0.179 e. The third kappa shape index (κ3) is 4.57. The smallest absolute Gasteiger partial charge is 0.179 e. The molecule has 1 aromatic heterocycles. The molecular formula is C24H33N2S+. The number of anilines is 1. The predicted molar refractivity (Wildman–Crippen MR) is 118 cm³/mol. The van der Waals surface area contributed by atoms with Crippen molar-refractivity contribution in [3.63, 3.8) is 0 Å². The average Bonchev–Trinajstić information content (AvgIpc) is 2.94. The molecule has 0 N–H and O–H groups in total. The van der Waals surface area contributed by atoms with Gasteiger partial charge >= 0.3 is 0 Å². The molecule has 0 spiro atoms. The van der Waals surface area contributed by atoms with Crippen LogP contribution < -0.4 is 9.47 Å². The normalized spacial score (nSPS) is 15.0. The van der Waals surface area contributed by atoms with Gasteiger partial charge in [-0.15, -0.1) is 0 Å². The van der Waals surface area contributed by atoms with Crippen molar-refractivity contribution in [2.24, 2.45) is 5.92 Å². The van der Waals surface area contributed by atoms with E-state index in [0.29, 0.717) is 0 Å². The number of hydrogen-bond acceptors (Lipinski definition) is 2. The third-order valence-corrected chi connectivity index (χ3v) is 6.67. The fraction of sp³-hybridized carbons (Fsp3) is 0.458. The summed E-state index contributed by atoms with van der Waals surface area (Å²) in [6.07, 6.45) is 7.52. The maximum atomic E-state index is 2.51. The summed E-state index contributed by atoms with van der Waals surface area (Å²) in [6.45, 7) is 10.3. The quantitative estimate of drug-likeness (QED) is 0.516. The Hall–Kier alpha value is -1.74. The number of fused-ring (bicyclic) bond motifs is 1. The number of aryl methyl sites for hydroxylation is 2. The van der Waals surface area contributed by atoms with Crippen LogP contribution in [0, 0.1) is 19.8 Å². The van der Waals surface area contributed by atoms with E-state index in [0.717, 1.165) is 12.5 Å². The van der Waals surface area contributed by atoms with Crippen molar-refractivity contribution in [2.45, 2.75) is 64.8 Å². The number of nitrogens with zero attached hydrogens (tertiary/aromatic N) is 2. The van der Waals surface area contributed by atoms with Crippen LogP contribution in [0.15, 0.2) is 46.3 Å². The first-order valence-corrected chi connectivity index (χ1v) is 11.1. The van der Waals surface area contributed by atoms with Gasteiger partial charge in [0.05, 0.1) is 10.7 Å². The van der Waals surface area contributed by atoms with E-state index in [1.165, 1.54) is 58.2 Å². The van der Waals surface area contributed by atoms with Crippen molar-refractivity contribution in [1.29, 1.82) is 0 Å². The Balaban J connectivity index is 1.83. The molecule has 0 saturated heterocycles. The van der Waals surface area contributed by atoms with Crippen LogP contribution in [0.2, 0.25) is 0 Å². The first-order valence-electron chi connectivity index (χ1n) is 10.3. The van der Waals surface area contributed by atoms with Crippen LogP contribution >= 0.6 is 11.8 Å². The lowest BCUT2D eigenvalue weighted by Crippen LogP contribution is -2.43. The summed E-state index contributed by atoms with van der Waals surface area (Å²) >= 11 is 1.86. The highest BCUT2D eigenvalue weighted by atomic mass is 32.2. The first kappa shape index (κ1) is 20.0. The summed E-state index contributed by atoms with van der Waals surface area (Å²) < 4.78 is 2.51. The fourth-order valence-corrected chi connectivity index (χ4v) is 5.23. The highest BCUT2D eigenvalue weighted by molar-refractivity contribution is 8.03. The van der Waals surface area contributed by atoms with E-state index in [4.69, 9.17) is 0 Å². The fourth-order valence-electron chi connectivity index (χ4n) is 4.12. The van der Waals surface area contributed by atoms with Gasteiger partial charge in [-0.05, 0) is 36.6 Å². The Morgan fingerprint density at radius 2 is 1.67 bits per heavy atom. The zero-order valence-electron chi connectivity index (χ0n) is 17.5. The highest BCUT2D eigenvalue weighted by Crippen LogP contribution is 2.45. The van der Waals surface area contributed by atoms with Crippen molar-refractivity contribution in [3.8, 4) is 0 Å². The zero-order chi connectivity index (χ0) is 19.4. The SMILES string of the molecule is CCCC(CCC)C[n+]1c(C)cc(/C=C2\Sc3ccccc3N2C)cc1C. The van der Waals surface area contributed by atoms with E-state index in [-0.39, 0.29) is 0 Å². The Morgan fingerprint density at radius 1 is 1.04 bits per heavy atom. The summed E-state index contributed by atoms with van der Waals surface area (Å²) in [5.41, 5.74) is 5.32. The summed E-state index contributed by atoms with van der Waals surface area (Å²) in [6, 6.07) is 13.3. The molecule has 0 bridgehead atoms. The second-order valence-electron chi connectivity index (χ2n) is 7.74. The molecule has 1 aliphatic heterocycles. The summed E-state index contributed by atoms with van der Waals surface area (Å²) in [5.74, 6) is 0.789. The number of para-hydroxylation sites is 1. The molecule has 1 aromatic carbocycles. The minimum Gasteiger partial charge on any atom is -0.338 e. The van der Waals surface area contributed by atoms with Gasteiger partial charge in [-0.3, -0.25) is 0 Å². The summed E-state index contributed by atoms with van der Waals surface area (Å²) in [7, 11) is 2.16. The minimum absolute atomic E-state index is 0.789. The second kappa shape index (κ2) is 8.97. The van der Waals surface area contributed by atoms with Gasteiger partial charge in [-0.1, -0.05) is 50.6 Å². The predicted octanol–water partition coefficient (Wildman–Crippen LogP) is 6.35. The molecule has 2 aromatic rings. The summed E-state index contributed by atoms with van der Waals surface area (Å²) in [4.78, 5) is 3.64. The molecule has 0 fully saturated rings. The van der Waals surface area contributed by atoms with E-state index in [2.05, 4.69) is 86.7 Å². The Kier molecular flexibility index (Phi) is 6.64. The van der Waals surface area contributed by atoms with E-state index >= 15 is 0 Å². The molecule has 144 valence electrons. The lowest BCUT2D eigenvalue weighted by Gasteiger charge is -2.15. The van der Waals surface area contributed by atoms with Gasteiger partial charge in [0.1, 0.15) is 0 Å². The molecule has 0 saturated carbocycles. The monoisotopic (exact) mass is 381 g/mol. The highest BCUT2D eigenvalue weighted by Gasteiger charge is 2.22. The van der Waals surface area contributed by atoms with Crippen molar-refractivity contribution >= 4 is 23.5 Å². The van der Waals surface area contributed by atoms with Crippen LogP contribution in [0.5, 0.6) is 0 Å². The molecule has 0 aliphatic carbocycles. The molecule has 27 heavy (non-hydrogen) atoms. The number of hydrogen-bond donors (Lipinski definition) is 0. The van der Waals surface area contributed by atoms with Crippen molar-refractivity contribution in [1.82, 2.24) is 0 Å². The van der Waals surface area contributed by atoms with Crippen LogP contribution in [0.1, 0.15) is 56.5 Å². The molecular weight excluding hydrogens is 348 g/mol. The van der Waals surface area contributed by atoms with Gasteiger partial charge in [0.2, 0.25) is 0 Å². The topological polar surface area (TPSA) is 7.12 Å². The molecule has 0 radical (unpaired) electrons. The second-order valence-corrected chi connectivity index (χ2v) is 8.80. The molecule has 3 heteroatoms. The molecule has 0 atom stereocenters. The molecule has 0 unspecified atom stereocenters. The molecule has 2 nitrogen and oxygen atoms in total. The van der Waals surface area contributed by atoms with Gasteiger partial charge in [0.15, 0.2) is 17.9 Å². The zero-order valence-corrected chi connectivity index (χ0v) is 18.3. The van der Waals surface area contributed by atoms with Crippen molar-refractivity contribution in [2.75, 3.05) is 11.9 Å². The van der Waals surface area contributed by atoms with Gasteiger partial charge in [0.25, 0.3) is 0 Å². The van der Waals surface area contributed by atoms with Crippen molar-refractivity contribution < 1.29 is 4.57 Å². The Morgan fingerprint density at radius 3 is 2.26 bits per heavy atom. The van der Waals surface area contributed by atoms with Crippen LogP contribution in [0.3, 0.4) is 0 Å². The van der Waals surface area contributed by atoms with E-state index < -0.39 is 0 Å². The number of aromatic nitrogens is 1. The van der Waals surface area contributed by atoms with Crippen molar-refractivity contribution in [3.05, 3.63) is 58.4 Å². The lowest BCUT2D eigenvalue weighted by atomic mass is 9.97.